The zero-order chi connectivity index (χ0) is 13.2. The number of hydrogen-bond acceptors (Lipinski definition) is 1. The Morgan fingerprint density at radius 2 is 1.53 bits per heavy atom. The van der Waals surface area contributed by atoms with Crippen LogP contribution < -0.4 is 5.32 Å². The largest absolute Gasteiger partial charge is 0.313 e. The Kier molecular flexibility index (Phi) is 4.37. The molecule has 0 heterocycles. The van der Waals surface area contributed by atoms with Gasteiger partial charge in [-0.15, -0.1) is 0 Å². The van der Waals surface area contributed by atoms with E-state index < -0.39 is 0 Å². The maximum absolute atomic E-state index is 3.48. The molecule has 0 bridgehead atoms. The van der Waals surface area contributed by atoms with Gasteiger partial charge in [-0.2, -0.15) is 0 Å². The second kappa shape index (κ2) is 5.22. The van der Waals surface area contributed by atoms with E-state index in [1.807, 2.05) is 0 Å². The van der Waals surface area contributed by atoms with Crippen LogP contribution in [0.2, 0.25) is 0 Å². The first kappa shape index (κ1) is 14.2. The molecule has 0 fully saturated rings. The van der Waals surface area contributed by atoms with Crippen LogP contribution in [0.4, 0.5) is 0 Å². The van der Waals surface area contributed by atoms with Crippen LogP contribution in [-0.2, 0) is 0 Å². The third-order valence-corrected chi connectivity index (χ3v) is 3.25. The topological polar surface area (TPSA) is 12.0 Å². The average molecular weight is 233 g/mol. The summed E-state index contributed by atoms with van der Waals surface area (Å²) in [5.74, 6) is 0. The molecule has 1 N–H and O–H groups in total. The number of benzene rings is 1. The molecule has 1 unspecified atom stereocenters. The quantitative estimate of drug-likeness (QED) is 0.820. The highest BCUT2D eigenvalue weighted by molar-refractivity contribution is 5.39. The van der Waals surface area contributed by atoms with Crippen molar-refractivity contribution in [1.29, 1.82) is 0 Å². The van der Waals surface area contributed by atoms with Crippen LogP contribution in [0.5, 0.6) is 0 Å². The number of hydrogen-bond donors (Lipinski definition) is 1. The summed E-state index contributed by atoms with van der Waals surface area (Å²) in [5.41, 5.74) is 6.00. The summed E-state index contributed by atoms with van der Waals surface area (Å²) in [6.45, 7) is 13.5. The van der Waals surface area contributed by atoms with E-state index in [9.17, 15) is 0 Å². The van der Waals surface area contributed by atoms with Crippen molar-refractivity contribution < 1.29 is 0 Å². The highest BCUT2D eigenvalue weighted by Gasteiger charge is 2.21. The molecular weight excluding hydrogens is 206 g/mol. The van der Waals surface area contributed by atoms with Crippen LogP contribution in [0, 0.1) is 26.2 Å². The molecule has 1 rings (SSSR count). The first-order valence-corrected chi connectivity index (χ1v) is 6.49. The van der Waals surface area contributed by atoms with E-state index in [1.165, 1.54) is 22.3 Å². The Bertz CT molecular complexity index is 362. The van der Waals surface area contributed by atoms with Gasteiger partial charge in [0, 0.05) is 6.04 Å². The van der Waals surface area contributed by atoms with Crippen molar-refractivity contribution in [1.82, 2.24) is 5.32 Å². The molecule has 96 valence electrons. The molecule has 1 aromatic rings. The molecule has 0 saturated carbocycles. The Labute approximate surface area is 107 Å². The molecule has 0 spiro atoms. The Morgan fingerprint density at radius 3 is 1.88 bits per heavy atom. The maximum atomic E-state index is 3.48. The second-order valence-corrected chi connectivity index (χ2v) is 6.42. The van der Waals surface area contributed by atoms with Gasteiger partial charge in [0.05, 0.1) is 0 Å². The summed E-state index contributed by atoms with van der Waals surface area (Å²) < 4.78 is 0. The summed E-state index contributed by atoms with van der Waals surface area (Å²) in [7, 11) is 2.06. The lowest BCUT2D eigenvalue weighted by Gasteiger charge is -2.28. The van der Waals surface area contributed by atoms with Crippen LogP contribution in [0.1, 0.15) is 55.5 Å². The Hall–Kier alpha value is -0.820. The smallest absolute Gasteiger partial charge is 0.0327 e. The SMILES string of the molecule is CNC(CC(C)(C)C)c1c(C)cc(C)cc1C. The van der Waals surface area contributed by atoms with Gasteiger partial charge in [-0.05, 0) is 56.3 Å². The van der Waals surface area contributed by atoms with Crippen molar-refractivity contribution in [2.45, 2.75) is 54.0 Å². The van der Waals surface area contributed by atoms with Crippen LogP contribution in [0.25, 0.3) is 0 Å². The van der Waals surface area contributed by atoms with Crippen molar-refractivity contribution >= 4 is 0 Å². The van der Waals surface area contributed by atoms with Crippen LogP contribution in [0.15, 0.2) is 12.1 Å². The van der Waals surface area contributed by atoms with Crippen LogP contribution in [0.3, 0.4) is 0 Å². The first-order valence-electron chi connectivity index (χ1n) is 6.49. The van der Waals surface area contributed by atoms with Crippen molar-refractivity contribution in [3.8, 4) is 0 Å². The molecule has 0 amide bonds. The van der Waals surface area contributed by atoms with Gasteiger partial charge < -0.3 is 5.32 Å². The molecule has 0 saturated heterocycles. The number of rotatable bonds is 3. The van der Waals surface area contributed by atoms with E-state index in [0.717, 1.165) is 6.42 Å². The van der Waals surface area contributed by atoms with Crippen molar-refractivity contribution in [3.63, 3.8) is 0 Å². The molecule has 1 heteroatoms. The normalized spacial score (nSPS) is 13.8. The van der Waals surface area contributed by atoms with E-state index >= 15 is 0 Å². The Balaban J connectivity index is 3.12. The van der Waals surface area contributed by atoms with Crippen LogP contribution in [-0.4, -0.2) is 7.05 Å². The first-order chi connectivity index (χ1) is 7.74. The molecule has 17 heavy (non-hydrogen) atoms. The van der Waals surface area contributed by atoms with Gasteiger partial charge in [-0.25, -0.2) is 0 Å². The van der Waals surface area contributed by atoms with Gasteiger partial charge in [0.2, 0.25) is 0 Å². The highest BCUT2D eigenvalue weighted by Crippen LogP contribution is 2.32. The molecule has 1 aromatic carbocycles. The van der Waals surface area contributed by atoms with E-state index in [0.29, 0.717) is 11.5 Å². The average Bonchev–Trinajstić information content (AvgIpc) is 2.12. The second-order valence-electron chi connectivity index (χ2n) is 6.42. The lowest BCUT2D eigenvalue weighted by molar-refractivity contribution is 0.319. The summed E-state index contributed by atoms with van der Waals surface area (Å²) in [6, 6.07) is 5.03. The van der Waals surface area contributed by atoms with E-state index in [4.69, 9.17) is 0 Å². The molecular formula is C16H27N. The molecule has 0 aliphatic heterocycles. The predicted octanol–water partition coefficient (Wildman–Crippen LogP) is 4.31. The third-order valence-electron chi connectivity index (χ3n) is 3.25. The monoisotopic (exact) mass is 233 g/mol. The third kappa shape index (κ3) is 3.85. The Morgan fingerprint density at radius 1 is 1.06 bits per heavy atom. The van der Waals surface area contributed by atoms with Crippen molar-refractivity contribution in [3.05, 3.63) is 34.4 Å². The van der Waals surface area contributed by atoms with Gasteiger partial charge in [0.1, 0.15) is 0 Å². The summed E-state index contributed by atoms with van der Waals surface area (Å²) in [5, 5.41) is 3.48. The van der Waals surface area contributed by atoms with Gasteiger partial charge in [0.15, 0.2) is 0 Å². The number of nitrogens with one attached hydrogen (secondary N) is 1. The van der Waals surface area contributed by atoms with E-state index in [-0.39, 0.29) is 0 Å². The minimum absolute atomic E-state index is 0.345. The van der Waals surface area contributed by atoms with Gasteiger partial charge in [0.25, 0.3) is 0 Å². The standard InChI is InChI=1S/C16H27N/c1-11-8-12(2)15(13(3)9-11)14(17-7)10-16(4,5)6/h8-9,14,17H,10H2,1-7H3. The van der Waals surface area contributed by atoms with E-state index in [1.54, 1.807) is 0 Å². The lowest BCUT2D eigenvalue weighted by atomic mass is 9.82. The van der Waals surface area contributed by atoms with E-state index in [2.05, 4.69) is 66.0 Å². The summed E-state index contributed by atoms with van der Waals surface area (Å²) in [6.07, 6.45) is 1.16. The molecule has 1 atom stereocenters. The fourth-order valence-electron chi connectivity index (χ4n) is 2.70. The van der Waals surface area contributed by atoms with Gasteiger partial charge in [-0.1, -0.05) is 38.5 Å². The molecule has 0 aliphatic rings. The lowest BCUT2D eigenvalue weighted by Crippen LogP contribution is -2.24. The maximum Gasteiger partial charge on any atom is 0.0327 e. The van der Waals surface area contributed by atoms with Crippen molar-refractivity contribution in [2.75, 3.05) is 7.05 Å². The fraction of sp³-hybridized carbons (Fsp3) is 0.625. The molecule has 0 aliphatic carbocycles. The fourth-order valence-corrected chi connectivity index (χ4v) is 2.70. The molecule has 0 aromatic heterocycles. The minimum Gasteiger partial charge on any atom is -0.313 e. The van der Waals surface area contributed by atoms with Gasteiger partial charge in [-0.3, -0.25) is 0 Å². The van der Waals surface area contributed by atoms with Gasteiger partial charge >= 0.3 is 0 Å². The highest BCUT2D eigenvalue weighted by atomic mass is 14.9. The van der Waals surface area contributed by atoms with Crippen LogP contribution >= 0.6 is 0 Å². The minimum atomic E-state index is 0.345. The molecule has 0 radical (unpaired) electrons. The zero-order valence-corrected chi connectivity index (χ0v) is 12.4. The predicted molar refractivity (Wildman–Crippen MR) is 76.5 cm³/mol. The summed E-state index contributed by atoms with van der Waals surface area (Å²) >= 11 is 0. The van der Waals surface area contributed by atoms with Crippen molar-refractivity contribution in [2.24, 2.45) is 5.41 Å². The molecule has 1 nitrogen and oxygen atoms in total. The number of aryl methyl sites for hydroxylation is 3. The zero-order valence-electron chi connectivity index (χ0n) is 12.4. The summed E-state index contributed by atoms with van der Waals surface area (Å²) in [4.78, 5) is 0.